The number of rotatable bonds is 5. The van der Waals surface area contributed by atoms with E-state index in [9.17, 15) is 4.79 Å². The molecule has 1 aromatic rings. The number of ether oxygens (including phenoxy) is 1. The predicted octanol–water partition coefficient (Wildman–Crippen LogP) is 2.97. The Labute approximate surface area is 120 Å². The quantitative estimate of drug-likeness (QED) is 0.513. The van der Waals surface area contributed by atoms with Crippen LogP contribution in [0.3, 0.4) is 0 Å². The van der Waals surface area contributed by atoms with E-state index in [1.54, 1.807) is 13.8 Å². The van der Waals surface area contributed by atoms with Gasteiger partial charge in [-0.1, -0.05) is 0 Å². The number of nitrogen functional groups attached to an aromatic ring is 1. The van der Waals surface area contributed by atoms with Gasteiger partial charge in [-0.2, -0.15) is 5.26 Å². The third kappa shape index (κ3) is 3.98. The fourth-order valence-electron chi connectivity index (χ4n) is 1.39. The van der Waals surface area contributed by atoms with Gasteiger partial charge in [0, 0.05) is 5.71 Å². The van der Waals surface area contributed by atoms with Crippen LogP contribution < -0.4 is 5.73 Å². The monoisotopic (exact) mass is 297 g/mol. The van der Waals surface area contributed by atoms with E-state index < -0.39 is 0 Å². The number of hydrogen-bond acceptors (Lipinski definition) is 7. The lowest BCUT2D eigenvalue weighted by Gasteiger charge is -2.02. The molecule has 7 heteroatoms. The number of aliphatic imine (C=N–C) groups is 1. The maximum atomic E-state index is 11.4. The van der Waals surface area contributed by atoms with Crippen molar-refractivity contribution in [2.75, 3.05) is 18.6 Å². The van der Waals surface area contributed by atoms with Crippen LogP contribution in [0.4, 0.5) is 11.4 Å². The van der Waals surface area contributed by atoms with E-state index in [1.165, 1.54) is 23.1 Å². The molecule has 1 aromatic heterocycles. The van der Waals surface area contributed by atoms with Crippen molar-refractivity contribution in [3.63, 3.8) is 0 Å². The Hall–Kier alpha value is -1.52. The van der Waals surface area contributed by atoms with Crippen molar-refractivity contribution in [1.82, 2.24) is 0 Å². The topological polar surface area (TPSA) is 88.5 Å². The third-order valence-electron chi connectivity index (χ3n) is 2.18. The maximum Gasteiger partial charge on any atom is 0.311 e. The van der Waals surface area contributed by atoms with Crippen LogP contribution in [0.5, 0.6) is 0 Å². The van der Waals surface area contributed by atoms with Gasteiger partial charge in [0.05, 0.1) is 22.9 Å². The summed E-state index contributed by atoms with van der Waals surface area (Å²) in [7, 11) is 0. The number of thiophene rings is 1. The number of nitriles is 1. The van der Waals surface area contributed by atoms with Gasteiger partial charge in [-0.15, -0.1) is 23.1 Å². The van der Waals surface area contributed by atoms with Crippen LogP contribution >= 0.6 is 23.1 Å². The summed E-state index contributed by atoms with van der Waals surface area (Å²) in [6, 6.07) is 2.04. The van der Waals surface area contributed by atoms with Gasteiger partial charge in [0.25, 0.3) is 0 Å². The Morgan fingerprint density at radius 3 is 2.84 bits per heavy atom. The minimum atomic E-state index is -0.316. The zero-order valence-corrected chi connectivity index (χ0v) is 12.7. The van der Waals surface area contributed by atoms with E-state index in [0.29, 0.717) is 28.6 Å². The standard InChI is InChI=1S/C12H15N3O2S2/c1-4-17-9(16)5-7(2)15-11-10(14)8(6-13)19-12(11)18-3/h4-5,14H2,1-3H3. The number of esters is 1. The van der Waals surface area contributed by atoms with E-state index in [1.807, 2.05) is 12.3 Å². The maximum absolute atomic E-state index is 11.4. The molecule has 0 amide bonds. The number of hydrogen-bond donors (Lipinski definition) is 1. The largest absolute Gasteiger partial charge is 0.466 e. The lowest BCUT2D eigenvalue weighted by atomic mass is 10.3. The van der Waals surface area contributed by atoms with E-state index in [2.05, 4.69) is 4.99 Å². The van der Waals surface area contributed by atoms with Gasteiger partial charge < -0.3 is 10.5 Å². The molecule has 0 bridgehead atoms. The highest BCUT2D eigenvalue weighted by atomic mass is 32.2. The Bertz CT molecular complexity index is 544. The number of carbonyl (C=O) groups is 1. The van der Waals surface area contributed by atoms with E-state index in [0.717, 1.165) is 4.21 Å². The van der Waals surface area contributed by atoms with Crippen molar-refractivity contribution in [3.05, 3.63) is 4.88 Å². The van der Waals surface area contributed by atoms with Gasteiger partial charge >= 0.3 is 5.97 Å². The van der Waals surface area contributed by atoms with Crippen LogP contribution in [-0.2, 0) is 9.53 Å². The van der Waals surface area contributed by atoms with E-state index >= 15 is 0 Å². The highest BCUT2D eigenvalue weighted by Gasteiger charge is 2.15. The van der Waals surface area contributed by atoms with Crippen LogP contribution in [0, 0.1) is 11.3 Å². The second kappa shape index (κ2) is 7.16. The molecule has 0 aliphatic heterocycles. The first kappa shape index (κ1) is 15.5. The van der Waals surface area contributed by atoms with Gasteiger partial charge in [0.15, 0.2) is 0 Å². The second-order valence-corrected chi connectivity index (χ2v) is 5.72. The molecule has 1 heterocycles. The van der Waals surface area contributed by atoms with Crippen molar-refractivity contribution in [2.45, 2.75) is 24.5 Å². The highest BCUT2D eigenvalue weighted by Crippen LogP contribution is 2.43. The van der Waals surface area contributed by atoms with E-state index in [4.69, 9.17) is 15.7 Å². The van der Waals surface area contributed by atoms with Gasteiger partial charge in [-0.3, -0.25) is 9.79 Å². The Morgan fingerprint density at radius 1 is 1.63 bits per heavy atom. The summed E-state index contributed by atoms with van der Waals surface area (Å²) in [6.07, 6.45) is 2.02. The zero-order valence-electron chi connectivity index (χ0n) is 11.0. The average Bonchev–Trinajstić information content (AvgIpc) is 2.66. The van der Waals surface area contributed by atoms with Crippen molar-refractivity contribution in [2.24, 2.45) is 4.99 Å². The molecule has 102 valence electrons. The molecule has 2 N–H and O–H groups in total. The van der Waals surface area contributed by atoms with Crippen molar-refractivity contribution < 1.29 is 9.53 Å². The van der Waals surface area contributed by atoms with Crippen molar-refractivity contribution >= 4 is 46.2 Å². The molecule has 5 nitrogen and oxygen atoms in total. The lowest BCUT2D eigenvalue weighted by molar-refractivity contribution is -0.141. The Kier molecular flexibility index (Phi) is 5.86. The summed E-state index contributed by atoms with van der Waals surface area (Å²) in [5, 5.41) is 8.95. The summed E-state index contributed by atoms with van der Waals surface area (Å²) < 4.78 is 5.73. The number of anilines is 1. The number of nitrogens with two attached hydrogens (primary N) is 1. The zero-order chi connectivity index (χ0) is 14.4. The van der Waals surface area contributed by atoms with Crippen molar-refractivity contribution in [1.29, 1.82) is 5.26 Å². The van der Waals surface area contributed by atoms with Crippen LogP contribution in [-0.4, -0.2) is 24.5 Å². The highest BCUT2D eigenvalue weighted by molar-refractivity contribution is 8.00. The van der Waals surface area contributed by atoms with Crippen LogP contribution in [0.2, 0.25) is 0 Å². The van der Waals surface area contributed by atoms with Gasteiger partial charge in [-0.25, -0.2) is 0 Å². The smallest absolute Gasteiger partial charge is 0.311 e. The molecule has 0 unspecified atom stereocenters. The molecule has 0 aromatic carbocycles. The first-order valence-corrected chi connectivity index (χ1v) is 7.63. The molecule has 0 aliphatic rings. The third-order valence-corrected chi connectivity index (χ3v) is 4.39. The number of carbonyl (C=O) groups excluding carboxylic acids is 1. The normalized spacial score (nSPS) is 11.2. The average molecular weight is 297 g/mol. The first-order chi connectivity index (χ1) is 9.03. The van der Waals surface area contributed by atoms with Crippen LogP contribution in [0.25, 0.3) is 0 Å². The minimum Gasteiger partial charge on any atom is -0.466 e. The van der Waals surface area contributed by atoms with Gasteiger partial charge in [0.1, 0.15) is 16.6 Å². The molecule has 19 heavy (non-hydrogen) atoms. The molecular formula is C12H15N3O2S2. The molecular weight excluding hydrogens is 282 g/mol. The number of nitrogens with zero attached hydrogens (tertiary/aromatic N) is 2. The minimum absolute atomic E-state index is 0.124. The summed E-state index contributed by atoms with van der Waals surface area (Å²) >= 11 is 2.79. The van der Waals surface area contributed by atoms with Crippen LogP contribution in [0.15, 0.2) is 9.20 Å². The second-order valence-electron chi connectivity index (χ2n) is 3.63. The van der Waals surface area contributed by atoms with Gasteiger partial charge in [-0.05, 0) is 20.1 Å². The van der Waals surface area contributed by atoms with E-state index in [-0.39, 0.29) is 12.4 Å². The molecule has 0 saturated carbocycles. The Morgan fingerprint density at radius 2 is 2.32 bits per heavy atom. The van der Waals surface area contributed by atoms with Crippen molar-refractivity contribution in [3.8, 4) is 6.07 Å². The SMILES string of the molecule is CCOC(=O)CC(C)=Nc1c(SC)sc(C#N)c1N. The summed E-state index contributed by atoms with van der Waals surface area (Å²) in [4.78, 5) is 16.2. The first-order valence-electron chi connectivity index (χ1n) is 5.59. The molecule has 0 saturated heterocycles. The molecule has 0 aliphatic carbocycles. The fraction of sp³-hybridized carbons (Fsp3) is 0.417. The molecule has 0 fully saturated rings. The molecule has 0 atom stereocenters. The molecule has 1 rings (SSSR count). The summed E-state index contributed by atoms with van der Waals surface area (Å²) in [6.45, 7) is 3.85. The summed E-state index contributed by atoms with van der Waals surface area (Å²) in [5.41, 5.74) is 7.45. The predicted molar refractivity (Wildman–Crippen MR) is 79.2 cm³/mol. The Balaban J connectivity index is 3.00. The number of thioether (sulfide) groups is 1. The molecule has 0 radical (unpaired) electrons. The fourth-order valence-corrected chi connectivity index (χ4v) is 3.01. The van der Waals surface area contributed by atoms with Crippen LogP contribution in [0.1, 0.15) is 25.1 Å². The molecule has 0 spiro atoms. The van der Waals surface area contributed by atoms with Gasteiger partial charge in [0.2, 0.25) is 0 Å². The lowest BCUT2D eigenvalue weighted by Crippen LogP contribution is -2.08. The summed E-state index contributed by atoms with van der Waals surface area (Å²) in [5.74, 6) is -0.316.